The van der Waals surface area contributed by atoms with E-state index in [1.807, 2.05) is 20.8 Å². The van der Waals surface area contributed by atoms with Gasteiger partial charge in [-0.05, 0) is 70.5 Å². The van der Waals surface area contributed by atoms with Crippen molar-refractivity contribution in [1.82, 2.24) is 19.6 Å². The van der Waals surface area contributed by atoms with E-state index in [9.17, 15) is 14.0 Å². The van der Waals surface area contributed by atoms with Gasteiger partial charge in [-0.1, -0.05) is 6.07 Å². The molecule has 2 aromatic carbocycles. The van der Waals surface area contributed by atoms with E-state index in [4.69, 9.17) is 19.3 Å². The van der Waals surface area contributed by atoms with E-state index < -0.39 is 11.6 Å². The summed E-state index contributed by atoms with van der Waals surface area (Å²) in [4.78, 5) is 29.8. The number of fused-ring (bicyclic) bond motifs is 1. The van der Waals surface area contributed by atoms with Gasteiger partial charge in [-0.3, -0.25) is 4.90 Å². The molecule has 41 heavy (non-hydrogen) atoms. The van der Waals surface area contributed by atoms with Crippen LogP contribution >= 0.6 is 0 Å². The van der Waals surface area contributed by atoms with E-state index in [0.717, 1.165) is 12.1 Å². The number of aromatic nitrogens is 2. The fraction of sp³-hybridized carbons (Fsp3) is 0.433. The van der Waals surface area contributed by atoms with Crippen LogP contribution in [0.25, 0.3) is 5.69 Å². The first-order valence-corrected chi connectivity index (χ1v) is 13.9. The summed E-state index contributed by atoms with van der Waals surface area (Å²) in [6.45, 7) is 10.7. The Morgan fingerprint density at radius 1 is 1.05 bits per heavy atom. The highest BCUT2D eigenvalue weighted by atomic mass is 19.1. The summed E-state index contributed by atoms with van der Waals surface area (Å²) in [5.41, 5.74) is 1.87. The number of piperazine rings is 1. The molecule has 10 nitrogen and oxygen atoms in total. The van der Waals surface area contributed by atoms with Gasteiger partial charge in [0.1, 0.15) is 28.6 Å². The van der Waals surface area contributed by atoms with Gasteiger partial charge in [0.25, 0.3) is 0 Å². The van der Waals surface area contributed by atoms with Gasteiger partial charge in [-0.2, -0.15) is 5.10 Å². The Morgan fingerprint density at radius 2 is 1.78 bits per heavy atom. The van der Waals surface area contributed by atoms with Crippen LogP contribution in [0.5, 0.6) is 11.5 Å². The first-order valence-electron chi connectivity index (χ1n) is 13.9. The highest BCUT2D eigenvalue weighted by molar-refractivity contribution is 5.95. The van der Waals surface area contributed by atoms with E-state index in [2.05, 4.69) is 10.2 Å². The molecule has 3 heterocycles. The van der Waals surface area contributed by atoms with Crippen LogP contribution in [0.2, 0.25) is 0 Å². The van der Waals surface area contributed by atoms with Gasteiger partial charge in [0, 0.05) is 38.8 Å². The average molecular weight is 566 g/mol. The number of rotatable bonds is 6. The van der Waals surface area contributed by atoms with Crippen LogP contribution in [0, 0.1) is 5.82 Å². The summed E-state index contributed by atoms with van der Waals surface area (Å²) >= 11 is 0. The standard InChI is InChI=1S/C30H36FN5O5/c1-5-39-28(37)27-26-25(24(13-14-32-26)34-15-17-35(18-16-34)29(38)41-30(2,3)4)33-36(27)21-9-11-22(12-10-21)40-23-8-6-7-20(31)19-23/h6-12,19,24,32H,5,13-18H2,1-4H3. The van der Waals surface area contributed by atoms with Crippen LogP contribution in [-0.2, 0) is 9.47 Å². The van der Waals surface area contributed by atoms with Crippen molar-refractivity contribution in [3.05, 3.63) is 65.7 Å². The Hall–Kier alpha value is -4.12. The quantitative estimate of drug-likeness (QED) is 0.398. The Bertz CT molecular complexity index is 1390. The largest absolute Gasteiger partial charge is 0.461 e. The van der Waals surface area contributed by atoms with Gasteiger partial charge in [0.05, 0.1) is 24.0 Å². The van der Waals surface area contributed by atoms with Crippen molar-refractivity contribution in [3.63, 3.8) is 0 Å². The van der Waals surface area contributed by atoms with Gasteiger partial charge in [0.15, 0.2) is 5.69 Å². The van der Waals surface area contributed by atoms with Gasteiger partial charge >= 0.3 is 12.1 Å². The lowest BCUT2D eigenvalue weighted by molar-refractivity contribution is 0.00951. The van der Waals surface area contributed by atoms with Gasteiger partial charge in [0.2, 0.25) is 0 Å². The van der Waals surface area contributed by atoms with Crippen LogP contribution in [-0.4, -0.2) is 76.6 Å². The minimum atomic E-state index is -0.543. The fourth-order valence-corrected chi connectivity index (χ4v) is 5.11. The molecule has 0 bridgehead atoms. The summed E-state index contributed by atoms with van der Waals surface area (Å²) in [5.74, 6) is 0.0593. The second kappa shape index (κ2) is 11.8. The lowest BCUT2D eigenvalue weighted by atomic mass is 10.0. The molecule has 11 heteroatoms. The molecule has 218 valence electrons. The summed E-state index contributed by atoms with van der Waals surface area (Å²) in [6, 6.07) is 13.0. The topological polar surface area (TPSA) is 98.2 Å². The molecular formula is C30H36FN5O5. The molecule has 1 fully saturated rings. The minimum Gasteiger partial charge on any atom is -0.461 e. The molecule has 0 aliphatic carbocycles. The number of hydrogen-bond acceptors (Lipinski definition) is 8. The molecule has 0 spiro atoms. The Morgan fingerprint density at radius 3 is 2.44 bits per heavy atom. The number of nitrogens with zero attached hydrogens (tertiary/aromatic N) is 4. The normalized spacial score (nSPS) is 17.4. The highest BCUT2D eigenvalue weighted by Gasteiger charge is 2.37. The number of ether oxygens (including phenoxy) is 3. The first-order chi connectivity index (χ1) is 19.6. The zero-order valence-electron chi connectivity index (χ0n) is 23.9. The van der Waals surface area contributed by atoms with E-state index in [-0.39, 0.29) is 24.6 Å². The molecule has 0 radical (unpaired) electrons. The number of halogens is 1. The number of hydrogen-bond donors (Lipinski definition) is 1. The average Bonchev–Trinajstić information content (AvgIpc) is 3.33. The third-order valence-electron chi connectivity index (χ3n) is 6.94. The van der Waals surface area contributed by atoms with Crippen LogP contribution in [0.4, 0.5) is 14.9 Å². The number of anilines is 1. The number of amides is 1. The number of esters is 1. The van der Waals surface area contributed by atoms with Gasteiger partial charge in [-0.15, -0.1) is 0 Å². The molecule has 1 atom stereocenters. The summed E-state index contributed by atoms with van der Waals surface area (Å²) < 4.78 is 31.9. The monoisotopic (exact) mass is 565 g/mol. The zero-order chi connectivity index (χ0) is 29.1. The van der Waals surface area contributed by atoms with Crippen molar-refractivity contribution < 1.29 is 28.2 Å². The fourth-order valence-electron chi connectivity index (χ4n) is 5.11. The second-order valence-corrected chi connectivity index (χ2v) is 11.0. The first kappa shape index (κ1) is 28.4. The lowest BCUT2D eigenvalue weighted by Gasteiger charge is -2.40. The molecule has 3 aromatic rings. The highest BCUT2D eigenvalue weighted by Crippen LogP contribution is 2.38. The zero-order valence-corrected chi connectivity index (χ0v) is 23.9. The molecule has 0 saturated carbocycles. The third kappa shape index (κ3) is 6.45. The van der Waals surface area contributed by atoms with Crippen molar-refractivity contribution in [3.8, 4) is 17.2 Å². The van der Waals surface area contributed by atoms with Crippen LogP contribution in [0.1, 0.15) is 56.3 Å². The van der Waals surface area contributed by atoms with E-state index in [1.165, 1.54) is 12.1 Å². The van der Waals surface area contributed by atoms with Crippen molar-refractivity contribution in [2.24, 2.45) is 0 Å². The summed E-state index contributed by atoms with van der Waals surface area (Å²) in [5, 5.41) is 8.30. The maximum absolute atomic E-state index is 13.6. The molecule has 5 rings (SSSR count). The van der Waals surface area contributed by atoms with Crippen LogP contribution < -0.4 is 10.1 Å². The molecule has 1 saturated heterocycles. The number of carbonyl (C=O) groups excluding carboxylic acids is 2. The third-order valence-corrected chi connectivity index (χ3v) is 6.94. The maximum atomic E-state index is 13.6. The van der Waals surface area contributed by atoms with E-state index >= 15 is 0 Å². The summed E-state index contributed by atoms with van der Waals surface area (Å²) in [7, 11) is 0. The predicted octanol–water partition coefficient (Wildman–Crippen LogP) is 5.39. The SMILES string of the molecule is CCOC(=O)c1c2c(nn1-c1ccc(Oc3cccc(F)c3)cc1)C(N1CCN(C(=O)OC(C)(C)C)CC1)CCN2. The Kier molecular flexibility index (Phi) is 8.16. The number of carbonyl (C=O) groups is 2. The van der Waals surface area contributed by atoms with E-state index in [1.54, 1.807) is 52.9 Å². The molecule has 2 aliphatic rings. The van der Waals surface area contributed by atoms with Gasteiger partial charge < -0.3 is 24.4 Å². The maximum Gasteiger partial charge on any atom is 0.410 e. The summed E-state index contributed by atoms with van der Waals surface area (Å²) in [6.07, 6.45) is 0.501. The smallest absolute Gasteiger partial charge is 0.410 e. The molecular weight excluding hydrogens is 529 g/mol. The molecule has 2 aliphatic heterocycles. The Balaban J connectivity index is 1.39. The predicted molar refractivity (Wildman–Crippen MR) is 151 cm³/mol. The molecule has 1 aromatic heterocycles. The van der Waals surface area contributed by atoms with Crippen LogP contribution in [0.15, 0.2) is 48.5 Å². The van der Waals surface area contributed by atoms with Crippen molar-refractivity contribution in [1.29, 1.82) is 0 Å². The molecule has 1 amide bonds. The Labute approximate surface area is 239 Å². The van der Waals surface area contributed by atoms with Crippen molar-refractivity contribution in [2.45, 2.75) is 45.8 Å². The molecule has 1 unspecified atom stereocenters. The van der Waals surface area contributed by atoms with E-state index in [0.29, 0.717) is 61.3 Å². The van der Waals surface area contributed by atoms with Crippen LogP contribution in [0.3, 0.4) is 0 Å². The minimum absolute atomic E-state index is 0.0305. The van der Waals surface area contributed by atoms with Gasteiger partial charge in [-0.25, -0.2) is 18.7 Å². The van der Waals surface area contributed by atoms with Crippen molar-refractivity contribution in [2.75, 3.05) is 44.6 Å². The molecule has 1 N–H and O–H groups in total. The number of nitrogens with one attached hydrogen (secondary N) is 1. The van der Waals surface area contributed by atoms with Crippen molar-refractivity contribution >= 4 is 17.7 Å². The lowest BCUT2D eigenvalue weighted by Crippen LogP contribution is -2.51. The number of benzene rings is 2. The second-order valence-electron chi connectivity index (χ2n) is 11.0.